The van der Waals surface area contributed by atoms with Gasteiger partial charge in [-0.05, 0) is 56.3 Å². The Labute approximate surface area is 160 Å². The van der Waals surface area contributed by atoms with Gasteiger partial charge in [-0.15, -0.1) is 0 Å². The molecule has 3 N–H and O–H groups in total. The normalized spacial score (nSPS) is 12.1. The molecule has 2 aromatic rings. The van der Waals surface area contributed by atoms with Crippen LogP contribution in [-0.4, -0.2) is 22.7 Å². The number of anilines is 3. The fourth-order valence-corrected chi connectivity index (χ4v) is 2.95. The van der Waals surface area contributed by atoms with Crippen LogP contribution >= 0.6 is 0 Å². The number of halogens is 1. The van der Waals surface area contributed by atoms with Gasteiger partial charge in [-0.2, -0.15) is 0 Å². The Balaban J connectivity index is 2.03. The van der Waals surface area contributed by atoms with Gasteiger partial charge < -0.3 is 15.4 Å². The van der Waals surface area contributed by atoms with Crippen molar-refractivity contribution in [2.45, 2.75) is 25.7 Å². The molecule has 0 bridgehead atoms. The first-order chi connectivity index (χ1) is 12.7. The summed E-state index contributed by atoms with van der Waals surface area (Å²) in [7, 11) is -1.53. The van der Waals surface area contributed by atoms with Gasteiger partial charge in [0.05, 0.1) is 10.3 Å². The van der Waals surface area contributed by atoms with Crippen LogP contribution in [0.4, 0.5) is 21.5 Å². The average Bonchev–Trinajstić information content (AvgIpc) is 2.63. The molecule has 0 saturated heterocycles. The highest BCUT2D eigenvalue weighted by Gasteiger charge is 2.27. The molecule has 27 heavy (non-hydrogen) atoms. The van der Waals surface area contributed by atoms with E-state index in [9.17, 15) is 18.2 Å². The van der Waals surface area contributed by atoms with Crippen LogP contribution in [0.2, 0.25) is 0 Å². The molecule has 2 rings (SSSR count). The van der Waals surface area contributed by atoms with Gasteiger partial charge in [-0.1, -0.05) is 6.07 Å². The number of nitrogens with one attached hydrogen (secondary N) is 3. The monoisotopic (exact) mass is 391 g/mol. The summed E-state index contributed by atoms with van der Waals surface area (Å²) in [6.45, 7) is 3.69. The number of alkyl halides is 1. The van der Waals surface area contributed by atoms with Crippen molar-refractivity contribution in [3.8, 4) is 0 Å². The van der Waals surface area contributed by atoms with Crippen molar-refractivity contribution in [2.75, 3.05) is 22.0 Å². The topological polar surface area (TPSA) is 87.3 Å². The van der Waals surface area contributed by atoms with E-state index in [0.29, 0.717) is 22.0 Å². The van der Waals surface area contributed by atoms with Gasteiger partial charge in [-0.25, -0.2) is 8.60 Å². The van der Waals surface area contributed by atoms with Crippen LogP contribution in [0.1, 0.15) is 20.8 Å². The second-order valence-corrected chi connectivity index (χ2v) is 7.84. The number of carbonyl (C=O) groups excluding carboxylic acids is 2. The van der Waals surface area contributed by atoms with E-state index in [1.54, 1.807) is 48.5 Å². The predicted octanol–water partition coefficient (Wildman–Crippen LogP) is 3.71. The number of hydrogen-bond acceptors (Lipinski definition) is 3. The third-order valence-corrected chi connectivity index (χ3v) is 4.77. The first-order valence-corrected chi connectivity index (χ1v) is 9.40. The lowest BCUT2D eigenvalue weighted by Gasteiger charge is -2.19. The van der Waals surface area contributed by atoms with E-state index in [0.717, 1.165) is 0 Å². The molecule has 6 nitrogen and oxygen atoms in total. The standard InChI is InChI=1S/C19H22FN3O3S/c1-13(24)21-16-5-4-6-17(11-16)27(26)23-15-9-7-14(8-10-15)22-18(25)19(2,3)12-20/h4-11,23H,12H2,1-3H3,(H,21,24)(H,22,25). The highest BCUT2D eigenvalue weighted by Crippen LogP contribution is 2.21. The molecule has 0 aromatic heterocycles. The quantitative estimate of drug-likeness (QED) is 0.672. The molecule has 2 aromatic carbocycles. The fourth-order valence-electron chi connectivity index (χ4n) is 2.04. The molecular weight excluding hydrogens is 369 g/mol. The number of amides is 2. The van der Waals surface area contributed by atoms with Gasteiger partial charge in [0.2, 0.25) is 11.8 Å². The van der Waals surface area contributed by atoms with Crippen molar-refractivity contribution >= 4 is 39.9 Å². The summed E-state index contributed by atoms with van der Waals surface area (Å²) in [6.07, 6.45) is 0. The first kappa shape index (κ1) is 20.6. The van der Waals surface area contributed by atoms with Crippen molar-refractivity contribution in [2.24, 2.45) is 5.41 Å². The van der Waals surface area contributed by atoms with Crippen molar-refractivity contribution < 1.29 is 18.2 Å². The summed E-state index contributed by atoms with van der Waals surface area (Å²) < 4.78 is 28.2. The van der Waals surface area contributed by atoms with E-state index >= 15 is 0 Å². The Hall–Kier alpha value is -2.74. The maximum absolute atomic E-state index is 12.9. The second kappa shape index (κ2) is 8.77. The minimum absolute atomic E-state index is 0.209. The average molecular weight is 391 g/mol. The molecule has 2 amide bonds. The van der Waals surface area contributed by atoms with Crippen molar-refractivity contribution in [1.82, 2.24) is 0 Å². The van der Waals surface area contributed by atoms with E-state index in [2.05, 4.69) is 15.4 Å². The van der Waals surface area contributed by atoms with E-state index in [4.69, 9.17) is 0 Å². The van der Waals surface area contributed by atoms with Crippen LogP contribution in [0.5, 0.6) is 0 Å². The minimum Gasteiger partial charge on any atom is -0.326 e. The summed E-state index contributed by atoms with van der Waals surface area (Å²) >= 11 is 0. The molecule has 1 atom stereocenters. The van der Waals surface area contributed by atoms with Crippen molar-refractivity contribution in [3.63, 3.8) is 0 Å². The molecule has 0 aliphatic carbocycles. The lowest BCUT2D eigenvalue weighted by atomic mass is 9.94. The van der Waals surface area contributed by atoms with Crippen molar-refractivity contribution in [3.05, 3.63) is 48.5 Å². The largest absolute Gasteiger partial charge is 0.326 e. The molecule has 0 heterocycles. The maximum atomic E-state index is 12.9. The van der Waals surface area contributed by atoms with Gasteiger partial charge in [-0.3, -0.25) is 9.59 Å². The van der Waals surface area contributed by atoms with E-state index in [-0.39, 0.29) is 5.91 Å². The van der Waals surface area contributed by atoms with Crippen LogP contribution in [0.15, 0.2) is 53.4 Å². The zero-order valence-electron chi connectivity index (χ0n) is 15.3. The summed E-state index contributed by atoms with van der Waals surface area (Å²) in [5.41, 5.74) is 0.562. The molecule has 0 radical (unpaired) electrons. The zero-order valence-corrected chi connectivity index (χ0v) is 16.2. The summed E-state index contributed by atoms with van der Waals surface area (Å²) in [5.74, 6) is -0.622. The lowest BCUT2D eigenvalue weighted by molar-refractivity contribution is -0.124. The maximum Gasteiger partial charge on any atom is 0.232 e. The van der Waals surface area contributed by atoms with Crippen LogP contribution in [0.25, 0.3) is 0 Å². The molecule has 0 aliphatic heterocycles. The molecule has 0 spiro atoms. The Kier molecular flexibility index (Phi) is 6.68. The highest BCUT2D eigenvalue weighted by atomic mass is 32.2. The minimum atomic E-state index is -1.53. The molecule has 0 fully saturated rings. The first-order valence-electron chi connectivity index (χ1n) is 8.25. The Morgan fingerprint density at radius 1 is 1.00 bits per heavy atom. The van der Waals surface area contributed by atoms with Crippen LogP contribution in [0.3, 0.4) is 0 Å². The second-order valence-electron chi connectivity index (χ2n) is 6.63. The predicted molar refractivity (Wildman–Crippen MR) is 106 cm³/mol. The van der Waals surface area contributed by atoms with E-state index in [1.807, 2.05) is 0 Å². The lowest BCUT2D eigenvalue weighted by Crippen LogP contribution is -2.32. The zero-order chi connectivity index (χ0) is 20.0. The van der Waals surface area contributed by atoms with E-state index < -0.39 is 29.0 Å². The SMILES string of the molecule is CC(=O)Nc1cccc(S(=O)Nc2ccc(NC(=O)C(C)(C)CF)cc2)c1. The smallest absolute Gasteiger partial charge is 0.232 e. The summed E-state index contributed by atoms with van der Waals surface area (Å²) in [6, 6.07) is 13.3. The molecule has 0 saturated carbocycles. The van der Waals surface area contributed by atoms with Crippen LogP contribution in [-0.2, 0) is 20.6 Å². The van der Waals surface area contributed by atoms with Crippen molar-refractivity contribution in [1.29, 1.82) is 0 Å². The molecule has 8 heteroatoms. The Morgan fingerprint density at radius 3 is 2.22 bits per heavy atom. The Bertz CT molecular complexity index is 854. The summed E-state index contributed by atoms with van der Waals surface area (Å²) in [5, 5.41) is 5.29. The van der Waals surface area contributed by atoms with Crippen LogP contribution in [0, 0.1) is 5.41 Å². The molecule has 1 unspecified atom stereocenters. The highest BCUT2D eigenvalue weighted by molar-refractivity contribution is 7.86. The van der Waals surface area contributed by atoms with Gasteiger partial charge in [0.15, 0.2) is 0 Å². The fraction of sp³-hybridized carbons (Fsp3) is 0.263. The van der Waals surface area contributed by atoms with Gasteiger partial charge in [0.25, 0.3) is 0 Å². The van der Waals surface area contributed by atoms with Crippen LogP contribution < -0.4 is 15.4 Å². The number of benzene rings is 2. The number of hydrogen-bond donors (Lipinski definition) is 3. The Morgan fingerprint density at radius 2 is 1.63 bits per heavy atom. The molecular formula is C19H22FN3O3S. The molecule has 144 valence electrons. The number of rotatable bonds is 7. The van der Waals surface area contributed by atoms with Gasteiger partial charge in [0, 0.05) is 24.0 Å². The summed E-state index contributed by atoms with van der Waals surface area (Å²) in [4.78, 5) is 23.6. The van der Waals surface area contributed by atoms with Gasteiger partial charge >= 0.3 is 0 Å². The molecule has 0 aliphatic rings. The van der Waals surface area contributed by atoms with E-state index in [1.165, 1.54) is 20.8 Å². The third kappa shape index (κ3) is 5.89. The van der Waals surface area contributed by atoms with Gasteiger partial charge in [0.1, 0.15) is 17.7 Å². The number of carbonyl (C=O) groups is 2. The third-order valence-electron chi connectivity index (χ3n) is 3.67.